The number of hydrogen-bond acceptors (Lipinski definition) is 2. The monoisotopic (exact) mass is 227 g/mol. The van der Waals surface area contributed by atoms with Crippen LogP contribution in [0.1, 0.15) is 52.4 Å². The molecule has 16 heavy (non-hydrogen) atoms. The van der Waals surface area contributed by atoms with Gasteiger partial charge >= 0.3 is 5.97 Å². The molecule has 1 rings (SSSR count). The van der Waals surface area contributed by atoms with Crippen molar-refractivity contribution in [2.75, 3.05) is 13.1 Å². The third-order valence-corrected chi connectivity index (χ3v) is 3.79. The van der Waals surface area contributed by atoms with E-state index in [1.807, 2.05) is 0 Å². The van der Waals surface area contributed by atoms with Gasteiger partial charge in [-0.2, -0.15) is 0 Å². The molecule has 0 aromatic carbocycles. The Bertz CT molecular complexity index is 222. The van der Waals surface area contributed by atoms with Crippen molar-refractivity contribution in [1.82, 2.24) is 5.32 Å². The van der Waals surface area contributed by atoms with Crippen molar-refractivity contribution in [3.05, 3.63) is 0 Å². The fraction of sp³-hybridized carbons (Fsp3) is 0.923. The number of carboxylic acid groups (broad SMARTS) is 1. The highest BCUT2D eigenvalue weighted by molar-refractivity contribution is 5.66. The molecule has 2 N–H and O–H groups in total. The van der Waals surface area contributed by atoms with Gasteiger partial charge in [0.05, 0.1) is 0 Å². The molecule has 0 unspecified atom stereocenters. The first kappa shape index (κ1) is 13.5. The van der Waals surface area contributed by atoms with Crippen LogP contribution in [0.2, 0.25) is 0 Å². The van der Waals surface area contributed by atoms with Crippen LogP contribution < -0.4 is 5.32 Å². The van der Waals surface area contributed by atoms with Crippen molar-refractivity contribution in [1.29, 1.82) is 0 Å². The van der Waals surface area contributed by atoms with Crippen LogP contribution in [0.5, 0.6) is 0 Å². The number of hydrogen-bond donors (Lipinski definition) is 2. The van der Waals surface area contributed by atoms with Crippen LogP contribution >= 0.6 is 0 Å². The van der Waals surface area contributed by atoms with Gasteiger partial charge < -0.3 is 10.4 Å². The van der Waals surface area contributed by atoms with E-state index in [9.17, 15) is 4.79 Å². The van der Waals surface area contributed by atoms with E-state index in [4.69, 9.17) is 5.11 Å². The average molecular weight is 227 g/mol. The lowest BCUT2D eigenvalue weighted by Gasteiger charge is -2.40. The summed E-state index contributed by atoms with van der Waals surface area (Å²) in [6.07, 6.45) is 6.21. The predicted octanol–water partition coefficient (Wildman–Crippen LogP) is 2.66. The van der Waals surface area contributed by atoms with Crippen LogP contribution in [0, 0.1) is 11.3 Å². The van der Waals surface area contributed by atoms with Gasteiger partial charge in [0.1, 0.15) is 0 Å². The summed E-state index contributed by atoms with van der Waals surface area (Å²) in [6, 6.07) is 0. The maximum atomic E-state index is 10.3. The van der Waals surface area contributed by atoms with E-state index >= 15 is 0 Å². The summed E-state index contributed by atoms with van der Waals surface area (Å²) in [4.78, 5) is 10.3. The molecular formula is C13H25NO2. The molecule has 0 atom stereocenters. The minimum absolute atomic E-state index is 0.299. The van der Waals surface area contributed by atoms with Gasteiger partial charge in [0.25, 0.3) is 0 Å². The standard InChI is InChI=1S/C13H25NO2/c1-13(2,11-6-5-7-11)10-14-9-4-3-8-12(15)16/h11,14H,3-10H2,1-2H3,(H,15,16). The summed E-state index contributed by atoms with van der Waals surface area (Å²) < 4.78 is 0. The lowest BCUT2D eigenvalue weighted by Crippen LogP contribution is -2.39. The quantitative estimate of drug-likeness (QED) is 0.627. The fourth-order valence-electron chi connectivity index (χ4n) is 2.27. The summed E-state index contributed by atoms with van der Waals surface area (Å²) in [6.45, 7) is 6.68. The van der Waals surface area contributed by atoms with Gasteiger partial charge in [0.2, 0.25) is 0 Å². The molecule has 0 radical (unpaired) electrons. The second-order valence-corrected chi connectivity index (χ2v) is 5.64. The molecule has 1 aliphatic rings. The topological polar surface area (TPSA) is 49.3 Å². The van der Waals surface area contributed by atoms with E-state index in [0.717, 1.165) is 31.8 Å². The second kappa shape index (κ2) is 6.24. The molecule has 0 aliphatic heterocycles. The van der Waals surface area contributed by atoms with E-state index in [1.54, 1.807) is 0 Å². The maximum absolute atomic E-state index is 10.3. The van der Waals surface area contributed by atoms with Gasteiger partial charge in [-0.3, -0.25) is 4.79 Å². The Balaban J connectivity index is 1.99. The van der Waals surface area contributed by atoms with E-state index < -0.39 is 5.97 Å². The highest BCUT2D eigenvalue weighted by atomic mass is 16.4. The Labute approximate surface area is 98.6 Å². The molecule has 0 spiro atoms. The molecule has 0 aromatic rings. The van der Waals surface area contributed by atoms with Gasteiger partial charge in [-0.05, 0) is 43.6 Å². The Kier molecular flexibility index (Phi) is 5.26. The number of carboxylic acids is 1. The van der Waals surface area contributed by atoms with Crippen LogP contribution in [0.25, 0.3) is 0 Å². The van der Waals surface area contributed by atoms with Crippen molar-refractivity contribution in [3.63, 3.8) is 0 Å². The van der Waals surface area contributed by atoms with Crippen molar-refractivity contribution < 1.29 is 9.90 Å². The number of unbranched alkanes of at least 4 members (excludes halogenated alkanes) is 1. The maximum Gasteiger partial charge on any atom is 0.303 e. The molecule has 94 valence electrons. The summed E-state index contributed by atoms with van der Waals surface area (Å²) in [5.74, 6) is 0.203. The molecule has 0 saturated heterocycles. The van der Waals surface area contributed by atoms with Gasteiger partial charge in [-0.15, -0.1) is 0 Å². The zero-order chi connectivity index (χ0) is 12.0. The third-order valence-electron chi connectivity index (χ3n) is 3.79. The molecule has 0 aromatic heterocycles. The van der Waals surface area contributed by atoms with Crippen LogP contribution in [-0.2, 0) is 4.79 Å². The lowest BCUT2D eigenvalue weighted by molar-refractivity contribution is -0.137. The number of carbonyl (C=O) groups is 1. The molecule has 3 heteroatoms. The van der Waals surface area contributed by atoms with Crippen LogP contribution in [0.15, 0.2) is 0 Å². The number of rotatable bonds is 8. The van der Waals surface area contributed by atoms with Crippen LogP contribution in [-0.4, -0.2) is 24.2 Å². The SMILES string of the molecule is CC(C)(CNCCCCC(=O)O)C1CCC1. The fourth-order valence-corrected chi connectivity index (χ4v) is 2.27. The molecule has 1 fully saturated rings. The highest BCUT2D eigenvalue weighted by Crippen LogP contribution is 2.41. The molecular weight excluding hydrogens is 202 g/mol. The van der Waals surface area contributed by atoms with Crippen molar-refractivity contribution in [2.45, 2.75) is 52.4 Å². The van der Waals surface area contributed by atoms with E-state index in [-0.39, 0.29) is 0 Å². The Morgan fingerprint density at radius 3 is 2.56 bits per heavy atom. The molecule has 0 bridgehead atoms. The van der Waals surface area contributed by atoms with E-state index in [1.165, 1.54) is 19.3 Å². The summed E-state index contributed by atoms with van der Waals surface area (Å²) in [5, 5.41) is 11.9. The number of aliphatic carboxylic acids is 1. The Morgan fingerprint density at radius 2 is 2.06 bits per heavy atom. The summed E-state index contributed by atoms with van der Waals surface area (Å²) >= 11 is 0. The molecule has 0 heterocycles. The largest absolute Gasteiger partial charge is 0.481 e. The highest BCUT2D eigenvalue weighted by Gasteiger charge is 2.33. The molecule has 3 nitrogen and oxygen atoms in total. The molecule has 1 aliphatic carbocycles. The normalized spacial score (nSPS) is 17.1. The zero-order valence-electron chi connectivity index (χ0n) is 10.6. The smallest absolute Gasteiger partial charge is 0.303 e. The molecule has 0 amide bonds. The molecule has 1 saturated carbocycles. The number of nitrogens with one attached hydrogen (secondary N) is 1. The van der Waals surface area contributed by atoms with Gasteiger partial charge in [0, 0.05) is 13.0 Å². The third kappa shape index (κ3) is 4.52. The van der Waals surface area contributed by atoms with Gasteiger partial charge in [-0.1, -0.05) is 20.3 Å². The van der Waals surface area contributed by atoms with Gasteiger partial charge in [-0.25, -0.2) is 0 Å². The first-order valence-electron chi connectivity index (χ1n) is 6.45. The van der Waals surface area contributed by atoms with Crippen molar-refractivity contribution >= 4 is 5.97 Å². The zero-order valence-corrected chi connectivity index (χ0v) is 10.6. The van der Waals surface area contributed by atoms with Crippen LogP contribution in [0.3, 0.4) is 0 Å². The minimum Gasteiger partial charge on any atom is -0.481 e. The van der Waals surface area contributed by atoms with Crippen molar-refractivity contribution in [3.8, 4) is 0 Å². The second-order valence-electron chi connectivity index (χ2n) is 5.64. The minimum atomic E-state index is -0.685. The first-order chi connectivity index (χ1) is 7.52. The summed E-state index contributed by atoms with van der Waals surface area (Å²) in [5.41, 5.74) is 0.408. The first-order valence-corrected chi connectivity index (χ1v) is 6.45. The Hall–Kier alpha value is -0.570. The lowest BCUT2D eigenvalue weighted by atomic mass is 9.67. The Morgan fingerprint density at radius 1 is 1.38 bits per heavy atom. The average Bonchev–Trinajstić information content (AvgIpc) is 2.06. The van der Waals surface area contributed by atoms with Crippen molar-refractivity contribution in [2.24, 2.45) is 11.3 Å². The predicted molar refractivity (Wildman–Crippen MR) is 65.5 cm³/mol. The van der Waals surface area contributed by atoms with Crippen LogP contribution in [0.4, 0.5) is 0 Å². The van der Waals surface area contributed by atoms with E-state index in [0.29, 0.717) is 11.8 Å². The van der Waals surface area contributed by atoms with E-state index in [2.05, 4.69) is 19.2 Å². The summed E-state index contributed by atoms with van der Waals surface area (Å²) in [7, 11) is 0. The van der Waals surface area contributed by atoms with Gasteiger partial charge in [0.15, 0.2) is 0 Å².